The first-order valence-electron chi connectivity index (χ1n) is 10.1. The third-order valence-corrected chi connectivity index (χ3v) is 7.58. The van der Waals surface area contributed by atoms with E-state index >= 15 is 0 Å². The second-order valence-electron chi connectivity index (χ2n) is 7.35. The highest BCUT2D eigenvalue weighted by molar-refractivity contribution is 8.00. The van der Waals surface area contributed by atoms with Crippen LogP contribution in [0.1, 0.15) is 31.8 Å². The standard InChI is InChI=1S/C26H24N2O4S2/c1-3-25(27,33-17-11-7-5-8-12-17)20-16-15-19(23(29)30)21(24(31)32)22(20)26(28,4-2)34-18-13-9-6-10-14-18/h3-16H,1-2,27-28H2,(H,29,30)(H,31,32). The van der Waals surface area contributed by atoms with E-state index in [4.69, 9.17) is 11.5 Å². The number of rotatable bonds is 10. The van der Waals surface area contributed by atoms with Gasteiger partial charge in [0.2, 0.25) is 0 Å². The van der Waals surface area contributed by atoms with Crippen LogP contribution in [0.15, 0.2) is 108 Å². The molecule has 2 atom stereocenters. The average Bonchev–Trinajstić information content (AvgIpc) is 2.84. The van der Waals surface area contributed by atoms with Crippen LogP contribution >= 0.6 is 23.5 Å². The van der Waals surface area contributed by atoms with Crippen molar-refractivity contribution in [1.82, 2.24) is 0 Å². The first kappa shape index (κ1) is 25.3. The third kappa shape index (κ3) is 5.10. The minimum atomic E-state index is -1.53. The zero-order chi connectivity index (χ0) is 24.9. The number of aromatic carboxylic acids is 2. The van der Waals surface area contributed by atoms with Crippen LogP contribution in [0.25, 0.3) is 0 Å². The first-order chi connectivity index (χ1) is 16.1. The Labute approximate surface area is 206 Å². The maximum Gasteiger partial charge on any atom is 0.336 e. The molecule has 8 heteroatoms. The van der Waals surface area contributed by atoms with Crippen molar-refractivity contribution in [2.45, 2.75) is 19.5 Å². The summed E-state index contributed by atoms with van der Waals surface area (Å²) in [5.41, 5.74) is 13.1. The van der Waals surface area contributed by atoms with E-state index in [2.05, 4.69) is 13.2 Å². The van der Waals surface area contributed by atoms with Gasteiger partial charge in [-0.1, -0.05) is 78.1 Å². The summed E-state index contributed by atoms with van der Waals surface area (Å²) < 4.78 is 0. The van der Waals surface area contributed by atoms with Gasteiger partial charge >= 0.3 is 11.9 Å². The van der Waals surface area contributed by atoms with E-state index in [1.54, 1.807) is 0 Å². The fourth-order valence-corrected chi connectivity index (χ4v) is 5.63. The Bertz CT molecular complexity index is 1230. The average molecular weight is 493 g/mol. The minimum Gasteiger partial charge on any atom is -0.478 e. The van der Waals surface area contributed by atoms with Crippen molar-refractivity contribution in [2.24, 2.45) is 11.5 Å². The maximum atomic E-state index is 12.5. The van der Waals surface area contributed by atoms with Crippen molar-refractivity contribution in [3.8, 4) is 0 Å². The summed E-state index contributed by atoms with van der Waals surface area (Å²) in [5.74, 6) is -2.83. The van der Waals surface area contributed by atoms with Crippen LogP contribution in [-0.4, -0.2) is 22.2 Å². The maximum absolute atomic E-state index is 12.5. The predicted octanol–water partition coefficient (Wildman–Crippen LogP) is 5.26. The number of hydrogen-bond acceptors (Lipinski definition) is 6. The summed E-state index contributed by atoms with van der Waals surface area (Å²) >= 11 is 2.39. The lowest BCUT2D eigenvalue weighted by molar-refractivity contribution is 0.0650. The molecular weight excluding hydrogens is 468 g/mol. The molecule has 0 heterocycles. The molecule has 6 nitrogen and oxygen atoms in total. The Morgan fingerprint density at radius 3 is 1.62 bits per heavy atom. The van der Waals surface area contributed by atoms with Gasteiger partial charge in [0.05, 0.1) is 11.1 Å². The summed E-state index contributed by atoms with van der Waals surface area (Å²) in [5, 5.41) is 19.9. The Morgan fingerprint density at radius 1 is 0.735 bits per heavy atom. The molecule has 0 bridgehead atoms. The fraction of sp³-hybridized carbons (Fsp3) is 0.0769. The molecule has 0 aliphatic heterocycles. The van der Waals surface area contributed by atoms with Crippen LogP contribution in [-0.2, 0) is 9.74 Å². The van der Waals surface area contributed by atoms with Crippen molar-refractivity contribution in [3.63, 3.8) is 0 Å². The van der Waals surface area contributed by atoms with E-state index in [1.807, 2.05) is 60.7 Å². The van der Waals surface area contributed by atoms with Gasteiger partial charge in [0.15, 0.2) is 0 Å². The quantitative estimate of drug-likeness (QED) is 0.171. The van der Waals surface area contributed by atoms with Crippen molar-refractivity contribution in [1.29, 1.82) is 0 Å². The van der Waals surface area contributed by atoms with E-state index in [0.29, 0.717) is 5.56 Å². The molecule has 34 heavy (non-hydrogen) atoms. The van der Waals surface area contributed by atoms with Gasteiger partial charge in [0.1, 0.15) is 9.74 Å². The molecule has 2 unspecified atom stereocenters. The number of carboxylic acid groups (broad SMARTS) is 2. The van der Waals surface area contributed by atoms with Gasteiger partial charge in [-0.2, -0.15) is 0 Å². The summed E-state index contributed by atoms with van der Waals surface area (Å²) in [7, 11) is 0. The SMILES string of the molecule is C=CC(N)(Sc1ccccc1)c1ccc(C(=O)O)c(C(=O)O)c1C(N)(C=C)Sc1ccccc1. The number of carboxylic acids is 2. The van der Waals surface area contributed by atoms with Gasteiger partial charge in [-0.3, -0.25) is 0 Å². The highest BCUT2D eigenvalue weighted by Gasteiger charge is 2.40. The molecule has 174 valence electrons. The summed E-state index contributed by atoms with van der Waals surface area (Å²) in [6, 6.07) is 21.1. The third-order valence-electron chi connectivity index (χ3n) is 5.13. The van der Waals surface area contributed by atoms with Gasteiger partial charge in [-0.25, -0.2) is 9.59 Å². The van der Waals surface area contributed by atoms with Crippen LogP contribution in [0.2, 0.25) is 0 Å². The molecule has 0 radical (unpaired) electrons. The van der Waals surface area contributed by atoms with E-state index < -0.39 is 32.8 Å². The molecule has 0 aliphatic rings. The van der Waals surface area contributed by atoms with E-state index in [9.17, 15) is 19.8 Å². The zero-order valence-corrected chi connectivity index (χ0v) is 19.8. The number of thioether (sulfide) groups is 2. The van der Waals surface area contributed by atoms with E-state index in [0.717, 1.165) is 21.6 Å². The summed E-state index contributed by atoms with van der Waals surface area (Å²) in [6.07, 6.45) is 2.89. The van der Waals surface area contributed by atoms with Gasteiger partial charge in [-0.15, -0.1) is 13.2 Å². The van der Waals surface area contributed by atoms with Crippen molar-refractivity contribution in [2.75, 3.05) is 0 Å². The molecule has 3 aromatic rings. The van der Waals surface area contributed by atoms with Crippen molar-refractivity contribution < 1.29 is 19.8 Å². The first-order valence-corrected chi connectivity index (χ1v) is 11.8. The molecule has 0 amide bonds. The highest BCUT2D eigenvalue weighted by Crippen LogP contribution is 2.48. The monoisotopic (exact) mass is 492 g/mol. The van der Waals surface area contributed by atoms with E-state index in [-0.39, 0.29) is 5.56 Å². The van der Waals surface area contributed by atoms with Gasteiger partial charge in [0, 0.05) is 15.4 Å². The van der Waals surface area contributed by atoms with Crippen molar-refractivity contribution in [3.05, 3.63) is 120 Å². The molecule has 0 fully saturated rings. The van der Waals surface area contributed by atoms with Gasteiger partial charge in [-0.05, 0) is 35.9 Å². The molecule has 0 aliphatic carbocycles. The molecule has 3 aromatic carbocycles. The molecule has 0 spiro atoms. The number of carbonyl (C=O) groups is 2. The van der Waals surface area contributed by atoms with E-state index in [1.165, 1.54) is 36.0 Å². The molecule has 6 N–H and O–H groups in total. The molecule has 0 aromatic heterocycles. The lowest BCUT2D eigenvalue weighted by atomic mass is 9.87. The van der Waals surface area contributed by atoms with Gasteiger partial charge < -0.3 is 21.7 Å². The summed E-state index contributed by atoms with van der Waals surface area (Å²) in [6.45, 7) is 7.74. The Hall–Kier alpha value is -3.30. The topological polar surface area (TPSA) is 127 Å². The largest absolute Gasteiger partial charge is 0.478 e. The van der Waals surface area contributed by atoms with Crippen molar-refractivity contribution >= 4 is 35.5 Å². The highest BCUT2D eigenvalue weighted by atomic mass is 32.2. The fourth-order valence-electron chi connectivity index (χ4n) is 3.50. The van der Waals surface area contributed by atoms with Gasteiger partial charge in [0.25, 0.3) is 0 Å². The Morgan fingerprint density at radius 2 is 1.21 bits per heavy atom. The Kier molecular flexibility index (Phi) is 7.68. The number of nitrogens with two attached hydrogens (primary N) is 2. The number of hydrogen-bond donors (Lipinski definition) is 4. The minimum absolute atomic E-state index is 0.0505. The second-order valence-corrected chi connectivity index (χ2v) is 10.0. The van der Waals surface area contributed by atoms with Crippen LogP contribution < -0.4 is 11.5 Å². The van der Waals surface area contributed by atoms with Crippen LogP contribution in [0.4, 0.5) is 0 Å². The summed E-state index contributed by atoms with van der Waals surface area (Å²) in [4.78, 5) is 23.1. The number of benzene rings is 3. The Balaban J connectivity index is 2.35. The lowest BCUT2D eigenvalue weighted by Gasteiger charge is -2.36. The lowest BCUT2D eigenvalue weighted by Crippen LogP contribution is -2.40. The molecule has 0 saturated heterocycles. The van der Waals surface area contributed by atoms with Crippen LogP contribution in [0.3, 0.4) is 0 Å². The smallest absolute Gasteiger partial charge is 0.336 e. The molecular formula is C26H24N2O4S2. The predicted molar refractivity (Wildman–Crippen MR) is 137 cm³/mol. The normalized spacial score (nSPS) is 14.4. The van der Waals surface area contributed by atoms with Crippen LogP contribution in [0.5, 0.6) is 0 Å². The molecule has 0 saturated carbocycles. The molecule has 3 rings (SSSR count). The second kappa shape index (κ2) is 10.3. The zero-order valence-electron chi connectivity index (χ0n) is 18.2. The van der Waals surface area contributed by atoms with Crippen LogP contribution in [0, 0.1) is 0 Å².